The molecule has 0 bridgehead atoms. The summed E-state index contributed by atoms with van der Waals surface area (Å²) in [6, 6.07) is 17.4. The average Bonchev–Trinajstić information content (AvgIpc) is 3.33. The van der Waals surface area contributed by atoms with Crippen LogP contribution >= 0.6 is 0 Å². The third-order valence-corrected chi connectivity index (χ3v) is 5.00. The van der Waals surface area contributed by atoms with Gasteiger partial charge in [0.15, 0.2) is 0 Å². The predicted octanol–water partition coefficient (Wildman–Crippen LogP) is 3.82. The third kappa shape index (κ3) is 4.97. The van der Waals surface area contributed by atoms with Gasteiger partial charge in [-0.2, -0.15) is 0 Å². The Morgan fingerprint density at radius 1 is 1.16 bits per heavy atom. The number of H-pyrrole nitrogens is 1. The molecule has 0 radical (unpaired) electrons. The second-order valence-electron chi connectivity index (χ2n) is 7.27. The number of aryl methyl sites for hydroxylation is 1. The number of rotatable bonds is 8. The normalized spacial score (nSPS) is 11.6. The summed E-state index contributed by atoms with van der Waals surface area (Å²) in [7, 11) is 0. The summed E-state index contributed by atoms with van der Waals surface area (Å²) in [6.07, 6.45) is 2.43. The molecule has 8 nitrogen and oxygen atoms in total. The summed E-state index contributed by atoms with van der Waals surface area (Å²) < 4.78 is 17.5. The fourth-order valence-corrected chi connectivity index (χ4v) is 3.23. The second-order valence-corrected chi connectivity index (χ2v) is 7.27. The van der Waals surface area contributed by atoms with Crippen molar-refractivity contribution in [3.05, 3.63) is 98.7 Å². The second kappa shape index (κ2) is 9.38. The number of nitrogens with zero attached hydrogens (tertiary/aromatic N) is 2. The molecule has 0 atom stereocenters. The quantitative estimate of drug-likeness (QED) is 0.453. The Balaban J connectivity index is 1.38. The topological polar surface area (TPSA) is 103 Å². The van der Waals surface area contributed by atoms with Crippen LogP contribution in [0.2, 0.25) is 0 Å². The van der Waals surface area contributed by atoms with Gasteiger partial charge < -0.3 is 13.7 Å². The number of benzene rings is 2. The first-order valence-electron chi connectivity index (χ1n) is 10.2. The minimum Gasteiger partial charge on any atom is -0.493 e. The molecule has 2 aromatic carbocycles. The van der Waals surface area contributed by atoms with Gasteiger partial charge in [-0.1, -0.05) is 36.4 Å². The van der Waals surface area contributed by atoms with Crippen molar-refractivity contribution in [2.24, 2.45) is 0 Å². The highest BCUT2D eigenvalue weighted by molar-refractivity contribution is 5.64. The maximum Gasteiger partial charge on any atom is 0.440 e. The first-order valence-corrected chi connectivity index (χ1v) is 10.2. The number of ether oxygens (including phenoxy) is 1. The van der Waals surface area contributed by atoms with Gasteiger partial charge in [0, 0.05) is 12.0 Å². The molecule has 1 N–H and O–H groups in total. The van der Waals surface area contributed by atoms with E-state index in [1.165, 1.54) is 0 Å². The molecular formula is C24H23N3O5. The number of nitrogens with one attached hydrogen (secondary N) is 1. The Morgan fingerprint density at radius 2 is 1.97 bits per heavy atom. The van der Waals surface area contributed by atoms with Gasteiger partial charge in [-0.3, -0.25) is 0 Å². The Hall–Kier alpha value is -4.07. The lowest BCUT2D eigenvalue weighted by atomic mass is 10.1. The van der Waals surface area contributed by atoms with Gasteiger partial charge >= 0.3 is 11.4 Å². The minimum atomic E-state index is -0.769. The predicted molar refractivity (Wildman–Crippen MR) is 120 cm³/mol. The van der Waals surface area contributed by atoms with E-state index < -0.39 is 11.4 Å². The zero-order valence-corrected chi connectivity index (χ0v) is 17.8. The van der Waals surface area contributed by atoms with Crippen LogP contribution in [0, 0.1) is 6.92 Å². The lowest BCUT2D eigenvalue weighted by molar-refractivity contribution is 0.261. The van der Waals surface area contributed by atoms with Gasteiger partial charge in [0.2, 0.25) is 5.89 Å². The molecule has 4 rings (SSSR count). The fourth-order valence-electron chi connectivity index (χ4n) is 3.23. The Bertz CT molecular complexity index is 1340. The monoisotopic (exact) mass is 433 g/mol. The van der Waals surface area contributed by atoms with Crippen LogP contribution in [0.15, 0.2) is 79.2 Å². The Labute approximate surface area is 183 Å². The molecule has 0 aliphatic rings. The molecule has 32 heavy (non-hydrogen) atoms. The molecule has 164 valence electrons. The number of aromatic nitrogens is 3. The van der Waals surface area contributed by atoms with E-state index in [2.05, 4.69) is 9.97 Å². The fraction of sp³-hybridized carbons (Fsp3) is 0.208. The Morgan fingerprint density at radius 3 is 2.72 bits per heavy atom. The number of hydrogen-bond acceptors (Lipinski definition) is 6. The highest BCUT2D eigenvalue weighted by Crippen LogP contribution is 2.23. The SMILES string of the molecule is C/C(=C/Cn1oc(=O)[nH]c1=O)c1cccc(OCCc2nc(-c3ccccc3)oc2C)c1. The molecule has 2 aromatic heterocycles. The lowest BCUT2D eigenvalue weighted by Crippen LogP contribution is -2.15. The summed E-state index contributed by atoms with van der Waals surface area (Å²) in [5, 5.41) is 0. The number of hydrogen-bond donors (Lipinski definition) is 1. The lowest BCUT2D eigenvalue weighted by Gasteiger charge is -2.08. The van der Waals surface area contributed by atoms with E-state index in [-0.39, 0.29) is 6.54 Å². The van der Waals surface area contributed by atoms with Crippen molar-refractivity contribution in [2.75, 3.05) is 6.61 Å². The summed E-state index contributed by atoms with van der Waals surface area (Å²) >= 11 is 0. The van der Waals surface area contributed by atoms with Crippen molar-refractivity contribution in [2.45, 2.75) is 26.8 Å². The molecule has 0 saturated heterocycles. The largest absolute Gasteiger partial charge is 0.493 e. The van der Waals surface area contributed by atoms with Gasteiger partial charge in [0.1, 0.15) is 11.5 Å². The van der Waals surface area contributed by atoms with Crippen molar-refractivity contribution in [1.29, 1.82) is 0 Å². The molecule has 4 aromatic rings. The summed E-state index contributed by atoms with van der Waals surface area (Å²) in [4.78, 5) is 29.3. The standard InChI is InChI=1S/C24H23N3O5/c1-16(11-13-27-23(28)26-24(29)32-27)19-9-6-10-20(15-19)30-14-12-21-17(2)31-22(25-21)18-7-4-3-5-8-18/h3-11,15H,12-14H2,1-2H3,(H,26,28,29)/b16-11-. The van der Waals surface area contributed by atoms with Gasteiger partial charge in [-0.05, 0) is 49.2 Å². The number of aromatic amines is 1. The zero-order chi connectivity index (χ0) is 22.5. The first-order chi connectivity index (χ1) is 15.5. The molecule has 0 fully saturated rings. The van der Waals surface area contributed by atoms with E-state index in [4.69, 9.17) is 13.7 Å². The molecular weight excluding hydrogens is 410 g/mol. The van der Waals surface area contributed by atoms with E-state index >= 15 is 0 Å². The third-order valence-electron chi connectivity index (χ3n) is 5.00. The molecule has 0 aliphatic carbocycles. The van der Waals surface area contributed by atoms with Crippen LogP contribution in [0.5, 0.6) is 5.75 Å². The van der Waals surface area contributed by atoms with Crippen LogP contribution in [0.3, 0.4) is 0 Å². The summed E-state index contributed by atoms with van der Waals surface area (Å²) in [6.45, 7) is 4.43. The molecule has 0 spiro atoms. The maximum absolute atomic E-state index is 11.5. The smallest absolute Gasteiger partial charge is 0.440 e. The van der Waals surface area contributed by atoms with E-state index in [9.17, 15) is 9.59 Å². The van der Waals surface area contributed by atoms with Gasteiger partial charge in [-0.15, -0.1) is 4.74 Å². The molecule has 0 amide bonds. The van der Waals surface area contributed by atoms with Gasteiger partial charge in [0.05, 0.1) is 18.8 Å². The van der Waals surface area contributed by atoms with Crippen LogP contribution in [-0.4, -0.2) is 21.3 Å². The zero-order valence-electron chi connectivity index (χ0n) is 17.8. The van der Waals surface area contributed by atoms with E-state index in [0.717, 1.165) is 38.6 Å². The molecule has 0 saturated carbocycles. The summed E-state index contributed by atoms with van der Waals surface area (Å²) in [5.41, 5.74) is 3.10. The Kier molecular flexibility index (Phi) is 6.21. The van der Waals surface area contributed by atoms with E-state index in [0.29, 0.717) is 18.9 Å². The van der Waals surface area contributed by atoms with Crippen LogP contribution in [0.4, 0.5) is 0 Å². The average molecular weight is 433 g/mol. The number of allylic oxidation sites excluding steroid dienone is 2. The highest BCUT2D eigenvalue weighted by atomic mass is 16.5. The van der Waals surface area contributed by atoms with E-state index in [1.807, 2.05) is 68.4 Å². The van der Waals surface area contributed by atoms with Crippen molar-refractivity contribution in [3.63, 3.8) is 0 Å². The van der Waals surface area contributed by atoms with Crippen molar-refractivity contribution in [1.82, 2.24) is 14.7 Å². The van der Waals surface area contributed by atoms with Crippen molar-refractivity contribution in [3.8, 4) is 17.2 Å². The van der Waals surface area contributed by atoms with Crippen molar-refractivity contribution < 1.29 is 13.7 Å². The molecule has 8 heteroatoms. The highest BCUT2D eigenvalue weighted by Gasteiger charge is 2.11. The maximum atomic E-state index is 11.5. The van der Waals surface area contributed by atoms with Gasteiger partial charge in [-0.25, -0.2) is 19.6 Å². The van der Waals surface area contributed by atoms with Crippen LogP contribution < -0.4 is 16.2 Å². The number of oxazole rings is 1. The van der Waals surface area contributed by atoms with E-state index in [1.54, 1.807) is 6.08 Å². The molecule has 0 unspecified atom stereocenters. The van der Waals surface area contributed by atoms with Crippen LogP contribution in [0.1, 0.15) is 23.9 Å². The van der Waals surface area contributed by atoms with Crippen LogP contribution in [-0.2, 0) is 13.0 Å². The summed E-state index contributed by atoms with van der Waals surface area (Å²) in [5.74, 6) is 1.35. The molecule has 0 aliphatic heterocycles. The molecule has 2 heterocycles. The first kappa shape index (κ1) is 21.2. The van der Waals surface area contributed by atoms with Crippen LogP contribution in [0.25, 0.3) is 17.0 Å². The van der Waals surface area contributed by atoms with Gasteiger partial charge in [0.25, 0.3) is 0 Å². The minimum absolute atomic E-state index is 0.156. The van der Waals surface area contributed by atoms with Crippen molar-refractivity contribution >= 4 is 5.57 Å².